The first kappa shape index (κ1) is 25.4. The molecule has 0 saturated carbocycles. The van der Waals surface area contributed by atoms with Crippen molar-refractivity contribution >= 4 is 39.6 Å². The van der Waals surface area contributed by atoms with Crippen molar-refractivity contribution in [1.29, 1.82) is 0 Å². The molecule has 4 aromatic heterocycles. The number of ketones is 1. The SMILES string of the molecule is CO[S@](=O)c1nc(N2CCN(C(=O)C(=O)c3c[nH]c4c(-n5ccnn5)ncc(F)c34)CC2)[n+](-c2ccccc2)[nH]1. The molecule has 40 heavy (non-hydrogen) atoms. The molecule has 6 rings (SSSR count). The number of carbonyl (C=O) groups is 2. The van der Waals surface area contributed by atoms with Gasteiger partial charge >= 0.3 is 11.1 Å². The molecule has 1 fully saturated rings. The smallest absolute Gasteiger partial charge is 0.357 e. The van der Waals surface area contributed by atoms with Gasteiger partial charge in [0.2, 0.25) is 11.1 Å². The van der Waals surface area contributed by atoms with Crippen LogP contribution in [-0.2, 0) is 20.1 Å². The van der Waals surface area contributed by atoms with Gasteiger partial charge in [-0.2, -0.15) is 0 Å². The molecule has 1 atom stereocenters. The summed E-state index contributed by atoms with van der Waals surface area (Å²) >= 11 is -1.79. The molecule has 1 aliphatic heterocycles. The van der Waals surface area contributed by atoms with Crippen LogP contribution < -0.4 is 9.58 Å². The highest BCUT2D eigenvalue weighted by atomic mass is 32.2. The molecule has 1 aliphatic rings. The van der Waals surface area contributed by atoms with Gasteiger partial charge in [-0.1, -0.05) is 23.4 Å². The largest absolute Gasteiger partial charge is 0.419 e. The molecular formula is C24H22FN10O4S+. The molecule has 5 aromatic rings. The number of hydrogen-bond donors (Lipinski definition) is 2. The first-order chi connectivity index (χ1) is 19.5. The van der Waals surface area contributed by atoms with Crippen LogP contribution in [0.1, 0.15) is 10.4 Å². The molecule has 204 valence electrons. The molecule has 0 radical (unpaired) electrons. The number of benzene rings is 1. The van der Waals surface area contributed by atoms with Crippen LogP contribution in [-0.4, -0.2) is 89.1 Å². The lowest BCUT2D eigenvalue weighted by molar-refractivity contribution is -0.646. The fourth-order valence-electron chi connectivity index (χ4n) is 4.57. The van der Waals surface area contributed by atoms with E-state index in [0.29, 0.717) is 19.0 Å². The van der Waals surface area contributed by atoms with Crippen LogP contribution in [0.15, 0.2) is 60.3 Å². The molecule has 16 heteroatoms. The minimum atomic E-state index is -1.79. The lowest BCUT2D eigenvalue weighted by Crippen LogP contribution is -2.53. The standard InChI is InChI=1S/C24H21FN10O4S/c1-39-40(38)23-29-24(35(30-23)15-5-3-2-4-6-15)33-11-9-32(10-12-33)22(37)20(36)16-13-26-19-18(16)17(25)14-27-21(19)34-8-7-28-31-34/h2-8,13-14H,9-12H2,1H3,(H,26,27,36)/p+1/t40-/m0/s1. The van der Waals surface area contributed by atoms with Crippen LogP contribution in [0.3, 0.4) is 0 Å². The number of nitrogens with zero attached hydrogens (tertiary/aromatic N) is 8. The molecule has 0 aliphatic carbocycles. The van der Waals surface area contributed by atoms with Gasteiger partial charge < -0.3 is 9.88 Å². The Bertz CT molecular complexity index is 1730. The number of Topliss-reactive ketones (excluding diaryl/α,β-unsaturated/α-hetero) is 1. The molecule has 14 nitrogen and oxygen atoms in total. The third kappa shape index (κ3) is 4.42. The number of para-hydroxylation sites is 1. The van der Waals surface area contributed by atoms with Gasteiger partial charge in [-0.3, -0.25) is 18.7 Å². The molecule has 0 unspecified atom stereocenters. The van der Waals surface area contributed by atoms with Crippen molar-refractivity contribution in [3.05, 3.63) is 66.5 Å². The van der Waals surface area contributed by atoms with Crippen molar-refractivity contribution < 1.29 is 27.1 Å². The van der Waals surface area contributed by atoms with Gasteiger partial charge in [0.25, 0.3) is 11.7 Å². The molecule has 2 N–H and O–H groups in total. The molecule has 0 spiro atoms. The molecule has 0 bridgehead atoms. The summed E-state index contributed by atoms with van der Waals surface area (Å²) in [6.45, 7) is 1.12. The second-order valence-corrected chi connectivity index (χ2v) is 9.93. The number of H-pyrrole nitrogens is 2. The van der Waals surface area contributed by atoms with Gasteiger partial charge in [0, 0.05) is 6.20 Å². The minimum absolute atomic E-state index is 0.0448. The van der Waals surface area contributed by atoms with E-state index in [-0.39, 0.29) is 40.5 Å². The van der Waals surface area contributed by atoms with Crippen molar-refractivity contribution in [3.8, 4) is 11.5 Å². The molecular weight excluding hydrogens is 543 g/mol. The zero-order valence-electron chi connectivity index (χ0n) is 21.0. The number of pyridine rings is 1. The number of piperazine rings is 1. The normalized spacial score (nSPS) is 14.6. The maximum atomic E-state index is 14.8. The van der Waals surface area contributed by atoms with Crippen molar-refractivity contribution in [2.24, 2.45) is 0 Å². The zero-order chi connectivity index (χ0) is 27.8. The fraction of sp³-hybridized carbons (Fsp3) is 0.208. The average molecular weight is 566 g/mol. The summed E-state index contributed by atoms with van der Waals surface area (Å²) in [6.07, 6.45) is 5.25. The predicted molar refractivity (Wildman–Crippen MR) is 138 cm³/mol. The number of aromatic nitrogens is 8. The molecule has 1 aromatic carbocycles. The van der Waals surface area contributed by atoms with Crippen LogP contribution in [0.2, 0.25) is 0 Å². The van der Waals surface area contributed by atoms with E-state index in [2.05, 4.69) is 30.4 Å². The monoisotopic (exact) mass is 565 g/mol. The second kappa shape index (κ2) is 10.4. The highest BCUT2D eigenvalue weighted by Gasteiger charge is 2.35. The molecule has 1 amide bonds. The van der Waals surface area contributed by atoms with E-state index in [9.17, 15) is 18.2 Å². The summed E-state index contributed by atoms with van der Waals surface area (Å²) in [4.78, 5) is 41.2. The summed E-state index contributed by atoms with van der Waals surface area (Å²) in [7, 11) is 1.32. The number of aromatic amines is 2. The van der Waals surface area contributed by atoms with E-state index in [1.807, 2.05) is 35.2 Å². The van der Waals surface area contributed by atoms with Crippen LogP contribution in [0, 0.1) is 5.82 Å². The second-order valence-electron chi connectivity index (χ2n) is 8.74. The summed E-state index contributed by atoms with van der Waals surface area (Å²) < 4.78 is 35.0. The number of rotatable bonds is 7. The number of amides is 1. The van der Waals surface area contributed by atoms with Crippen LogP contribution in [0.25, 0.3) is 22.4 Å². The van der Waals surface area contributed by atoms with Gasteiger partial charge in [0.15, 0.2) is 11.6 Å². The Morgan fingerprint density at radius 1 is 1.15 bits per heavy atom. The summed E-state index contributed by atoms with van der Waals surface area (Å²) in [6, 6.07) is 9.33. The van der Waals surface area contributed by atoms with E-state index in [1.165, 1.54) is 35.3 Å². The third-order valence-electron chi connectivity index (χ3n) is 6.50. The predicted octanol–water partition coefficient (Wildman–Crippen LogP) is 0.483. The number of halogens is 1. The summed E-state index contributed by atoms with van der Waals surface area (Å²) in [5.41, 5.74) is 0.892. The Balaban J connectivity index is 1.22. The topological polar surface area (TPSA) is 159 Å². The molecule has 1 saturated heterocycles. The maximum Gasteiger partial charge on any atom is 0.419 e. The van der Waals surface area contributed by atoms with Crippen molar-refractivity contribution in [1.82, 2.24) is 39.9 Å². The number of anilines is 1. The van der Waals surface area contributed by atoms with Crippen LogP contribution >= 0.6 is 0 Å². The average Bonchev–Trinajstić information content (AvgIpc) is 3.77. The summed E-state index contributed by atoms with van der Waals surface area (Å²) in [5.74, 6) is -1.61. The Morgan fingerprint density at radius 3 is 2.62 bits per heavy atom. The van der Waals surface area contributed by atoms with E-state index in [0.717, 1.165) is 11.9 Å². The highest BCUT2D eigenvalue weighted by molar-refractivity contribution is 7.80. The van der Waals surface area contributed by atoms with Crippen molar-refractivity contribution in [2.45, 2.75) is 5.16 Å². The fourth-order valence-corrected chi connectivity index (χ4v) is 5.05. The van der Waals surface area contributed by atoms with Crippen molar-refractivity contribution in [2.75, 3.05) is 38.2 Å². The van der Waals surface area contributed by atoms with Crippen molar-refractivity contribution in [3.63, 3.8) is 0 Å². The zero-order valence-corrected chi connectivity index (χ0v) is 21.8. The Kier molecular flexibility index (Phi) is 6.61. The number of nitrogens with one attached hydrogen (secondary N) is 2. The van der Waals surface area contributed by atoms with Gasteiger partial charge in [-0.05, 0) is 17.1 Å². The third-order valence-corrected chi connectivity index (χ3v) is 7.30. The highest BCUT2D eigenvalue weighted by Crippen LogP contribution is 2.26. The quantitative estimate of drug-likeness (QED) is 0.163. The van der Waals surface area contributed by atoms with E-state index < -0.39 is 28.6 Å². The number of carbonyl (C=O) groups excluding carboxylic acids is 2. The van der Waals surface area contributed by atoms with Gasteiger partial charge in [-0.15, -0.1) is 9.78 Å². The first-order valence-corrected chi connectivity index (χ1v) is 13.2. The Labute approximate surface area is 228 Å². The Hall–Kier alpha value is -4.83. The van der Waals surface area contributed by atoms with E-state index >= 15 is 0 Å². The lowest BCUT2D eigenvalue weighted by atomic mass is 10.1. The summed E-state index contributed by atoms with van der Waals surface area (Å²) in [5, 5.41) is 10.7. The molecule has 5 heterocycles. The maximum absolute atomic E-state index is 14.8. The van der Waals surface area contributed by atoms with Crippen LogP contribution in [0.5, 0.6) is 0 Å². The van der Waals surface area contributed by atoms with Crippen LogP contribution in [0.4, 0.5) is 10.3 Å². The van der Waals surface area contributed by atoms with Gasteiger partial charge in [-0.25, -0.2) is 23.4 Å². The first-order valence-electron chi connectivity index (χ1n) is 12.1. The number of fused-ring (bicyclic) bond motifs is 1. The van der Waals surface area contributed by atoms with E-state index in [4.69, 9.17) is 4.18 Å². The van der Waals surface area contributed by atoms with Gasteiger partial charge in [0.05, 0.1) is 68.3 Å². The minimum Gasteiger partial charge on any atom is -0.357 e. The van der Waals surface area contributed by atoms with E-state index in [1.54, 1.807) is 4.68 Å². The number of hydrogen-bond acceptors (Lipinski definition) is 9. The van der Waals surface area contributed by atoms with Gasteiger partial charge in [0.1, 0.15) is 5.69 Å². The Morgan fingerprint density at radius 2 is 1.93 bits per heavy atom. The lowest BCUT2D eigenvalue weighted by Gasteiger charge is -2.30.